The number of fused-ring (bicyclic) bond motifs is 3. The molecule has 0 bridgehead atoms. The summed E-state index contributed by atoms with van der Waals surface area (Å²) in [6.07, 6.45) is 0.653. The molecule has 1 unspecified atom stereocenters. The van der Waals surface area contributed by atoms with Gasteiger partial charge in [-0.25, -0.2) is 9.59 Å². The molecule has 0 saturated carbocycles. The van der Waals surface area contributed by atoms with Crippen molar-refractivity contribution in [3.8, 4) is 16.9 Å². The van der Waals surface area contributed by atoms with E-state index < -0.39 is 5.60 Å². The number of hydrogen-bond donors (Lipinski definition) is 0. The van der Waals surface area contributed by atoms with Crippen LogP contribution >= 0.6 is 0 Å². The van der Waals surface area contributed by atoms with Gasteiger partial charge in [-0.05, 0) is 62.1 Å². The molecule has 1 fully saturated rings. The Morgan fingerprint density at radius 1 is 1.10 bits per heavy atom. The number of benzene rings is 2. The minimum atomic E-state index is -0.492. The quantitative estimate of drug-likeness (QED) is 0.670. The molecule has 0 spiro atoms. The monoisotopic (exact) mass is 409 g/mol. The molecule has 0 aromatic heterocycles. The van der Waals surface area contributed by atoms with Gasteiger partial charge in [-0.1, -0.05) is 18.2 Å². The van der Waals surface area contributed by atoms with Gasteiger partial charge in [0.15, 0.2) is 0 Å². The third-order valence-corrected chi connectivity index (χ3v) is 5.52. The summed E-state index contributed by atoms with van der Waals surface area (Å²) in [5.41, 5.74) is 4.37. The molecule has 30 heavy (non-hydrogen) atoms. The molecule has 2 aromatic carbocycles. The lowest BCUT2D eigenvalue weighted by Gasteiger charge is -2.25. The number of ether oxygens (including phenoxy) is 3. The Kier molecular flexibility index (Phi) is 5.18. The SMILES string of the molecule is COC(=O)c1ccc2c(c1)OCc1ccc(C3CCN(C(=O)OC(C)(C)C)C3)cc1-2. The first kappa shape index (κ1) is 20.3. The number of rotatable bonds is 2. The molecule has 4 rings (SSSR count). The van der Waals surface area contributed by atoms with Gasteiger partial charge in [-0.3, -0.25) is 0 Å². The fourth-order valence-electron chi connectivity index (χ4n) is 4.01. The van der Waals surface area contributed by atoms with Gasteiger partial charge in [-0.15, -0.1) is 0 Å². The van der Waals surface area contributed by atoms with Crippen LogP contribution in [0.5, 0.6) is 5.75 Å². The molecule has 0 N–H and O–H groups in total. The third kappa shape index (κ3) is 3.99. The van der Waals surface area contributed by atoms with Crippen molar-refractivity contribution in [2.75, 3.05) is 20.2 Å². The summed E-state index contributed by atoms with van der Waals surface area (Å²) in [5, 5.41) is 0. The lowest BCUT2D eigenvalue weighted by molar-refractivity contribution is 0.0292. The van der Waals surface area contributed by atoms with Crippen molar-refractivity contribution < 1.29 is 23.8 Å². The van der Waals surface area contributed by atoms with Gasteiger partial charge in [0.1, 0.15) is 18.0 Å². The maximum absolute atomic E-state index is 12.4. The molecule has 2 aromatic rings. The van der Waals surface area contributed by atoms with Crippen molar-refractivity contribution in [2.24, 2.45) is 0 Å². The first-order valence-electron chi connectivity index (χ1n) is 10.2. The van der Waals surface area contributed by atoms with Crippen LogP contribution in [-0.2, 0) is 16.1 Å². The molecule has 6 heteroatoms. The Morgan fingerprint density at radius 2 is 1.90 bits per heavy atom. The fourth-order valence-corrected chi connectivity index (χ4v) is 4.01. The molecule has 2 aliphatic rings. The lowest BCUT2D eigenvalue weighted by Crippen LogP contribution is -2.35. The second-order valence-electron chi connectivity index (χ2n) is 8.82. The van der Waals surface area contributed by atoms with Gasteiger partial charge in [0.25, 0.3) is 0 Å². The van der Waals surface area contributed by atoms with Crippen molar-refractivity contribution in [1.29, 1.82) is 0 Å². The summed E-state index contributed by atoms with van der Waals surface area (Å²) in [7, 11) is 1.37. The number of methoxy groups -OCH3 is 1. The summed E-state index contributed by atoms with van der Waals surface area (Å²) in [5.74, 6) is 0.571. The van der Waals surface area contributed by atoms with Crippen molar-refractivity contribution in [3.05, 3.63) is 53.1 Å². The molecule has 6 nitrogen and oxygen atoms in total. The zero-order valence-corrected chi connectivity index (χ0v) is 17.9. The Hall–Kier alpha value is -3.02. The van der Waals surface area contributed by atoms with E-state index in [9.17, 15) is 9.59 Å². The normalized spacial score (nSPS) is 17.6. The third-order valence-electron chi connectivity index (χ3n) is 5.52. The Bertz CT molecular complexity index is 992. The van der Waals surface area contributed by atoms with Gasteiger partial charge < -0.3 is 19.1 Å². The first-order valence-corrected chi connectivity index (χ1v) is 10.2. The summed E-state index contributed by atoms with van der Waals surface area (Å²) in [6, 6.07) is 11.8. The molecule has 0 aliphatic carbocycles. The largest absolute Gasteiger partial charge is 0.488 e. The number of likely N-dealkylation sites (tertiary alicyclic amines) is 1. The molecule has 158 valence electrons. The highest BCUT2D eigenvalue weighted by Crippen LogP contribution is 2.40. The molecule has 0 radical (unpaired) electrons. The molecule has 1 amide bonds. The second kappa shape index (κ2) is 7.67. The number of amides is 1. The number of carbonyl (C=O) groups excluding carboxylic acids is 2. The van der Waals surface area contributed by atoms with Crippen LogP contribution in [-0.4, -0.2) is 42.8 Å². The van der Waals surface area contributed by atoms with Gasteiger partial charge in [0, 0.05) is 24.6 Å². The summed E-state index contributed by atoms with van der Waals surface area (Å²) >= 11 is 0. The number of hydrogen-bond acceptors (Lipinski definition) is 5. The number of nitrogens with zero attached hydrogens (tertiary/aromatic N) is 1. The minimum absolute atomic E-state index is 0.253. The van der Waals surface area contributed by atoms with Crippen molar-refractivity contribution in [2.45, 2.75) is 45.3 Å². The average Bonchev–Trinajstić information content (AvgIpc) is 3.21. The second-order valence-corrected chi connectivity index (χ2v) is 8.82. The van der Waals surface area contributed by atoms with Crippen LogP contribution in [0, 0.1) is 0 Å². The summed E-state index contributed by atoms with van der Waals surface area (Å²) in [6.45, 7) is 7.45. The van der Waals surface area contributed by atoms with Gasteiger partial charge >= 0.3 is 12.1 Å². The maximum atomic E-state index is 12.4. The van der Waals surface area contributed by atoms with E-state index in [1.807, 2.05) is 26.8 Å². The Morgan fingerprint density at radius 3 is 2.63 bits per heavy atom. The lowest BCUT2D eigenvalue weighted by atomic mass is 9.90. The van der Waals surface area contributed by atoms with Crippen LogP contribution in [0.2, 0.25) is 0 Å². The van der Waals surface area contributed by atoms with Gasteiger partial charge in [0.05, 0.1) is 12.7 Å². The first-order chi connectivity index (χ1) is 14.2. The highest BCUT2D eigenvalue weighted by molar-refractivity contribution is 5.91. The van der Waals surface area contributed by atoms with E-state index in [4.69, 9.17) is 14.2 Å². The average molecular weight is 409 g/mol. The van der Waals surface area contributed by atoms with E-state index in [0.717, 1.165) is 23.1 Å². The van der Waals surface area contributed by atoms with Crippen molar-refractivity contribution >= 4 is 12.1 Å². The number of carbonyl (C=O) groups is 2. The van der Waals surface area contributed by atoms with Crippen LogP contribution in [0.1, 0.15) is 54.6 Å². The van der Waals surface area contributed by atoms with E-state index in [-0.39, 0.29) is 18.0 Å². The van der Waals surface area contributed by atoms with Crippen LogP contribution in [0.15, 0.2) is 36.4 Å². The van der Waals surface area contributed by atoms with Crippen LogP contribution in [0.4, 0.5) is 4.79 Å². The zero-order chi connectivity index (χ0) is 21.5. The van der Waals surface area contributed by atoms with E-state index in [1.54, 1.807) is 17.0 Å². The molecular formula is C24H27NO5. The topological polar surface area (TPSA) is 65.1 Å². The van der Waals surface area contributed by atoms with Gasteiger partial charge in [-0.2, -0.15) is 0 Å². The predicted octanol–water partition coefficient (Wildman–Crippen LogP) is 4.76. The highest BCUT2D eigenvalue weighted by atomic mass is 16.6. The van der Waals surface area contributed by atoms with E-state index in [2.05, 4.69) is 18.2 Å². The molecule has 1 saturated heterocycles. The van der Waals surface area contributed by atoms with Crippen LogP contribution in [0.3, 0.4) is 0 Å². The molecule has 1 atom stereocenters. The standard InChI is InChI=1S/C24H27NO5/c1-24(2,3)30-23(27)25-10-9-17(13-25)15-5-6-18-14-29-21-12-16(22(26)28-4)7-8-19(21)20(18)11-15/h5-8,11-12,17H,9-10,13-14H2,1-4H3. The zero-order valence-electron chi connectivity index (χ0n) is 17.9. The van der Waals surface area contributed by atoms with Crippen LogP contribution < -0.4 is 4.74 Å². The summed E-state index contributed by atoms with van der Waals surface area (Å²) in [4.78, 5) is 26.0. The van der Waals surface area contributed by atoms with E-state index in [0.29, 0.717) is 31.0 Å². The smallest absolute Gasteiger partial charge is 0.410 e. The van der Waals surface area contributed by atoms with E-state index in [1.165, 1.54) is 12.7 Å². The Labute approximate surface area is 176 Å². The number of esters is 1. The molecule has 2 aliphatic heterocycles. The Balaban J connectivity index is 1.56. The van der Waals surface area contributed by atoms with Gasteiger partial charge in [0.2, 0.25) is 0 Å². The van der Waals surface area contributed by atoms with E-state index >= 15 is 0 Å². The van der Waals surface area contributed by atoms with Crippen LogP contribution in [0.25, 0.3) is 11.1 Å². The highest BCUT2D eigenvalue weighted by Gasteiger charge is 2.31. The molecule has 2 heterocycles. The van der Waals surface area contributed by atoms with Crippen molar-refractivity contribution in [1.82, 2.24) is 4.90 Å². The van der Waals surface area contributed by atoms with Crippen molar-refractivity contribution in [3.63, 3.8) is 0 Å². The maximum Gasteiger partial charge on any atom is 0.410 e. The minimum Gasteiger partial charge on any atom is -0.488 e. The predicted molar refractivity (Wildman–Crippen MR) is 113 cm³/mol. The fraction of sp³-hybridized carbons (Fsp3) is 0.417. The molecular weight excluding hydrogens is 382 g/mol. The summed E-state index contributed by atoms with van der Waals surface area (Å²) < 4.78 is 16.2.